The summed E-state index contributed by atoms with van der Waals surface area (Å²) in [7, 11) is 3.95. The second-order valence-electron chi connectivity index (χ2n) is 5.25. The maximum Gasteiger partial charge on any atom is 0.177 e. The summed E-state index contributed by atoms with van der Waals surface area (Å²) in [6.07, 6.45) is 3.95. The first-order valence-electron chi connectivity index (χ1n) is 7.00. The van der Waals surface area contributed by atoms with Crippen molar-refractivity contribution in [3.8, 4) is 0 Å². The van der Waals surface area contributed by atoms with Gasteiger partial charge in [0.2, 0.25) is 0 Å². The first-order valence-corrected chi connectivity index (χ1v) is 7.00. The average molecular weight is 278 g/mol. The average Bonchev–Trinajstić information content (AvgIpc) is 3.10. The van der Waals surface area contributed by atoms with E-state index in [0.717, 1.165) is 17.0 Å². The van der Waals surface area contributed by atoms with Crippen LogP contribution in [0.15, 0.2) is 67.0 Å². The second kappa shape index (κ2) is 5.44. The third kappa shape index (κ3) is 2.42. The standard InChI is InChI=1S/C18H18N2O/c1-19-12-6-10-15(19)17(16-11-7-13-20(16)2)18(21)14-8-4-3-5-9-14/h3-13,17H,1-2H3. The van der Waals surface area contributed by atoms with Crippen molar-refractivity contribution in [1.82, 2.24) is 9.13 Å². The number of ketones is 1. The summed E-state index contributed by atoms with van der Waals surface area (Å²) in [5.41, 5.74) is 2.75. The molecule has 0 aliphatic heterocycles. The molecular weight excluding hydrogens is 260 g/mol. The van der Waals surface area contributed by atoms with Gasteiger partial charge in [-0.2, -0.15) is 0 Å². The fourth-order valence-corrected chi connectivity index (χ4v) is 2.74. The van der Waals surface area contributed by atoms with Gasteiger partial charge < -0.3 is 9.13 Å². The van der Waals surface area contributed by atoms with Gasteiger partial charge in [-0.15, -0.1) is 0 Å². The highest BCUT2D eigenvalue weighted by atomic mass is 16.1. The van der Waals surface area contributed by atoms with Crippen LogP contribution in [0.2, 0.25) is 0 Å². The summed E-state index contributed by atoms with van der Waals surface area (Å²) in [5, 5.41) is 0. The molecular formula is C18H18N2O. The van der Waals surface area contributed by atoms with Gasteiger partial charge in [-0.25, -0.2) is 0 Å². The molecule has 0 bridgehead atoms. The molecule has 3 aromatic rings. The van der Waals surface area contributed by atoms with E-state index in [0.29, 0.717) is 0 Å². The van der Waals surface area contributed by atoms with E-state index in [2.05, 4.69) is 0 Å². The van der Waals surface area contributed by atoms with Crippen LogP contribution in [0.1, 0.15) is 27.7 Å². The lowest BCUT2D eigenvalue weighted by molar-refractivity contribution is 0.0969. The number of rotatable bonds is 4. The quantitative estimate of drug-likeness (QED) is 0.672. The zero-order chi connectivity index (χ0) is 14.8. The molecule has 0 atom stereocenters. The molecule has 3 rings (SSSR count). The first kappa shape index (κ1) is 13.4. The van der Waals surface area contributed by atoms with Crippen LogP contribution in [0.4, 0.5) is 0 Å². The Morgan fingerprint density at radius 2 is 1.33 bits per heavy atom. The molecule has 0 radical (unpaired) electrons. The highest BCUT2D eigenvalue weighted by molar-refractivity contribution is 6.02. The molecule has 1 aromatic carbocycles. The molecule has 0 fully saturated rings. The molecule has 0 amide bonds. The predicted octanol–water partition coefficient (Wildman–Crippen LogP) is 3.38. The summed E-state index contributed by atoms with van der Waals surface area (Å²) in [5.74, 6) is -0.161. The topological polar surface area (TPSA) is 26.9 Å². The van der Waals surface area contributed by atoms with E-state index in [1.54, 1.807) is 0 Å². The lowest BCUT2D eigenvalue weighted by atomic mass is 9.91. The Kier molecular flexibility index (Phi) is 3.48. The summed E-state index contributed by atoms with van der Waals surface area (Å²) >= 11 is 0. The van der Waals surface area contributed by atoms with Crippen molar-refractivity contribution in [2.24, 2.45) is 14.1 Å². The van der Waals surface area contributed by atoms with Gasteiger partial charge in [-0.05, 0) is 24.3 Å². The minimum Gasteiger partial charge on any atom is -0.353 e. The zero-order valence-electron chi connectivity index (χ0n) is 12.2. The third-order valence-corrected chi connectivity index (χ3v) is 3.88. The number of nitrogens with zero attached hydrogens (tertiary/aromatic N) is 2. The monoisotopic (exact) mass is 278 g/mol. The zero-order valence-corrected chi connectivity index (χ0v) is 12.2. The van der Waals surface area contributed by atoms with E-state index in [1.165, 1.54) is 0 Å². The summed E-state index contributed by atoms with van der Waals surface area (Å²) in [6, 6.07) is 17.5. The number of carbonyl (C=O) groups excluding carboxylic acids is 1. The highest BCUT2D eigenvalue weighted by Crippen LogP contribution is 2.28. The van der Waals surface area contributed by atoms with Gasteiger partial charge in [0, 0.05) is 43.4 Å². The summed E-state index contributed by atoms with van der Waals surface area (Å²) in [6.45, 7) is 0. The minimum absolute atomic E-state index is 0.124. The molecule has 3 nitrogen and oxygen atoms in total. The van der Waals surface area contributed by atoms with E-state index in [-0.39, 0.29) is 11.7 Å². The number of hydrogen-bond donors (Lipinski definition) is 0. The Labute approximate surface area is 124 Å². The molecule has 0 aliphatic carbocycles. The van der Waals surface area contributed by atoms with Gasteiger partial charge in [0.05, 0.1) is 0 Å². The van der Waals surface area contributed by atoms with E-state index < -0.39 is 0 Å². The molecule has 21 heavy (non-hydrogen) atoms. The van der Waals surface area contributed by atoms with Crippen molar-refractivity contribution < 1.29 is 4.79 Å². The van der Waals surface area contributed by atoms with Crippen LogP contribution in [0.5, 0.6) is 0 Å². The SMILES string of the molecule is Cn1cccc1C(C(=O)c1ccccc1)c1cccn1C. The minimum atomic E-state index is -0.285. The maximum absolute atomic E-state index is 13.0. The van der Waals surface area contributed by atoms with E-state index in [4.69, 9.17) is 0 Å². The molecule has 0 spiro atoms. The lowest BCUT2D eigenvalue weighted by Crippen LogP contribution is -2.19. The summed E-state index contributed by atoms with van der Waals surface area (Å²) in [4.78, 5) is 13.0. The van der Waals surface area contributed by atoms with Gasteiger partial charge in [0.25, 0.3) is 0 Å². The van der Waals surface area contributed by atoms with Crippen LogP contribution in [0.3, 0.4) is 0 Å². The smallest absolute Gasteiger partial charge is 0.177 e. The Balaban J connectivity index is 2.12. The largest absolute Gasteiger partial charge is 0.353 e. The van der Waals surface area contributed by atoms with Gasteiger partial charge in [0.1, 0.15) is 5.92 Å². The molecule has 0 N–H and O–H groups in total. The Bertz CT molecular complexity index is 712. The fourth-order valence-electron chi connectivity index (χ4n) is 2.74. The van der Waals surface area contributed by atoms with E-state index in [9.17, 15) is 4.79 Å². The van der Waals surface area contributed by atoms with Crippen LogP contribution < -0.4 is 0 Å². The van der Waals surface area contributed by atoms with Crippen molar-refractivity contribution in [3.05, 3.63) is 83.9 Å². The fraction of sp³-hybridized carbons (Fsp3) is 0.167. The van der Waals surface area contributed by atoms with E-state index >= 15 is 0 Å². The van der Waals surface area contributed by atoms with Crippen molar-refractivity contribution in [2.45, 2.75) is 5.92 Å². The Morgan fingerprint density at radius 3 is 1.76 bits per heavy atom. The van der Waals surface area contributed by atoms with Gasteiger partial charge >= 0.3 is 0 Å². The molecule has 0 unspecified atom stereocenters. The molecule has 2 aromatic heterocycles. The van der Waals surface area contributed by atoms with Crippen molar-refractivity contribution in [3.63, 3.8) is 0 Å². The van der Waals surface area contributed by atoms with Crippen LogP contribution in [0.25, 0.3) is 0 Å². The van der Waals surface area contributed by atoms with Crippen LogP contribution in [-0.2, 0) is 14.1 Å². The maximum atomic E-state index is 13.0. The van der Waals surface area contributed by atoms with E-state index in [1.807, 2.05) is 90.2 Å². The normalized spacial score (nSPS) is 11.0. The summed E-state index contributed by atoms with van der Waals surface area (Å²) < 4.78 is 4.02. The predicted molar refractivity (Wildman–Crippen MR) is 83.4 cm³/mol. The van der Waals surface area contributed by atoms with Crippen LogP contribution in [0, 0.1) is 0 Å². The number of aryl methyl sites for hydroxylation is 2. The van der Waals surface area contributed by atoms with Gasteiger partial charge in [-0.3, -0.25) is 4.79 Å². The van der Waals surface area contributed by atoms with Crippen LogP contribution in [-0.4, -0.2) is 14.9 Å². The van der Waals surface area contributed by atoms with Crippen molar-refractivity contribution in [1.29, 1.82) is 0 Å². The van der Waals surface area contributed by atoms with Crippen molar-refractivity contribution in [2.75, 3.05) is 0 Å². The molecule has 2 heterocycles. The Morgan fingerprint density at radius 1 is 0.810 bits per heavy atom. The molecule has 106 valence electrons. The molecule has 0 saturated carbocycles. The van der Waals surface area contributed by atoms with Gasteiger partial charge in [-0.1, -0.05) is 30.3 Å². The second-order valence-corrected chi connectivity index (χ2v) is 5.25. The number of carbonyl (C=O) groups is 1. The Hall–Kier alpha value is -2.55. The number of benzene rings is 1. The first-order chi connectivity index (χ1) is 10.2. The van der Waals surface area contributed by atoms with Crippen LogP contribution >= 0.6 is 0 Å². The molecule has 0 saturated heterocycles. The number of Topliss-reactive ketones (excluding diaryl/α,β-unsaturated/α-hetero) is 1. The van der Waals surface area contributed by atoms with Gasteiger partial charge in [0.15, 0.2) is 5.78 Å². The highest BCUT2D eigenvalue weighted by Gasteiger charge is 2.27. The number of hydrogen-bond acceptors (Lipinski definition) is 1. The molecule has 0 aliphatic rings. The lowest BCUT2D eigenvalue weighted by Gasteiger charge is -2.18. The third-order valence-electron chi connectivity index (χ3n) is 3.88. The molecule has 3 heteroatoms. The number of aromatic nitrogens is 2. The van der Waals surface area contributed by atoms with Crippen molar-refractivity contribution >= 4 is 5.78 Å².